The molecule has 21 heavy (non-hydrogen) atoms. The van der Waals surface area contributed by atoms with Crippen molar-refractivity contribution in [1.82, 2.24) is 4.90 Å². The highest BCUT2D eigenvalue weighted by molar-refractivity contribution is 5.77. The van der Waals surface area contributed by atoms with Crippen molar-refractivity contribution in [2.45, 2.75) is 39.5 Å². The highest BCUT2D eigenvalue weighted by atomic mass is 16.5. The molecule has 0 spiro atoms. The van der Waals surface area contributed by atoms with Crippen LogP contribution in [0.1, 0.15) is 45.1 Å². The molecule has 1 amide bonds. The van der Waals surface area contributed by atoms with E-state index in [1.807, 2.05) is 4.90 Å². The fraction of sp³-hybridized carbons (Fsp3) is 0.529. The van der Waals surface area contributed by atoms with E-state index in [2.05, 4.69) is 19.9 Å². The number of nitriles is 1. The van der Waals surface area contributed by atoms with Gasteiger partial charge in [0.2, 0.25) is 0 Å². The molecular weight excluding hydrogens is 264 g/mol. The Bertz CT molecular complexity index is 455. The summed E-state index contributed by atoms with van der Waals surface area (Å²) < 4.78 is 5.51. The van der Waals surface area contributed by atoms with Crippen molar-refractivity contribution in [1.29, 1.82) is 5.26 Å². The van der Waals surface area contributed by atoms with Crippen LogP contribution in [0.25, 0.3) is 0 Å². The molecule has 1 aromatic rings. The van der Waals surface area contributed by atoms with Gasteiger partial charge in [0.05, 0.1) is 11.6 Å². The molecule has 1 rings (SSSR count). The van der Waals surface area contributed by atoms with E-state index < -0.39 is 0 Å². The second kappa shape index (κ2) is 9.82. The van der Waals surface area contributed by atoms with Crippen LogP contribution in [-0.4, -0.2) is 30.5 Å². The molecule has 0 saturated carbocycles. The molecule has 0 atom stereocenters. The van der Waals surface area contributed by atoms with Gasteiger partial charge in [0.25, 0.3) is 5.91 Å². The van der Waals surface area contributed by atoms with Crippen LogP contribution < -0.4 is 4.74 Å². The van der Waals surface area contributed by atoms with Gasteiger partial charge in [-0.2, -0.15) is 5.26 Å². The molecule has 4 heteroatoms. The smallest absolute Gasteiger partial charge is 0.260 e. The summed E-state index contributed by atoms with van der Waals surface area (Å²) in [5.41, 5.74) is 0.584. The maximum atomic E-state index is 12.2. The van der Waals surface area contributed by atoms with Crippen molar-refractivity contribution in [2.75, 3.05) is 19.7 Å². The molecule has 0 aliphatic rings. The summed E-state index contributed by atoms with van der Waals surface area (Å²) >= 11 is 0. The Morgan fingerprint density at radius 2 is 1.71 bits per heavy atom. The number of rotatable bonds is 9. The first kappa shape index (κ1) is 17.0. The summed E-state index contributed by atoms with van der Waals surface area (Å²) in [5.74, 6) is 0.648. The highest BCUT2D eigenvalue weighted by Crippen LogP contribution is 2.12. The lowest BCUT2D eigenvalue weighted by atomic mass is 10.2. The fourth-order valence-electron chi connectivity index (χ4n) is 1.92. The van der Waals surface area contributed by atoms with Gasteiger partial charge in [-0.1, -0.05) is 26.7 Å². The quantitative estimate of drug-likeness (QED) is 0.700. The summed E-state index contributed by atoms with van der Waals surface area (Å²) in [7, 11) is 0. The number of ether oxygens (including phenoxy) is 1. The Labute approximate surface area is 127 Å². The zero-order chi connectivity index (χ0) is 15.5. The van der Waals surface area contributed by atoms with E-state index in [4.69, 9.17) is 10.00 Å². The molecule has 0 N–H and O–H groups in total. The van der Waals surface area contributed by atoms with Crippen molar-refractivity contribution < 1.29 is 9.53 Å². The molecule has 114 valence electrons. The minimum absolute atomic E-state index is 0.0289. The molecule has 0 bridgehead atoms. The lowest BCUT2D eigenvalue weighted by molar-refractivity contribution is -0.133. The van der Waals surface area contributed by atoms with Crippen molar-refractivity contribution in [3.8, 4) is 11.8 Å². The maximum Gasteiger partial charge on any atom is 0.260 e. The Morgan fingerprint density at radius 3 is 2.19 bits per heavy atom. The van der Waals surface area contributed by atoms with Crippen LogP contribution in [0.15, 0.2) is 24.3 Å². The monoisotopic (exact) mass is 288 g/mol. The first-order chi connectivity index (χ1) is 10.2. The van der Waals surface area contributed by atoms with Gasteiger partial charge in [-0.05, 0) is 37.1 Å². The van der Waals surface area contributed by atoms with Gasteiger partial charge >= 0.3 is 0 Å². The normalized spacial score (nSPS) is 9.95. The molecule has 0 aromatic heterocycles. The van der Waals surface area contributed by atoms with Crippen molar-refractivity contribution >= 4 is 5.91 Å². The van der Waals surface area contributed by atoms with Gasteiger partial charge in [0.1, 0.15) is 5.75 Å². The second-order valence-electron chi connectivity index (χ2n) is 5.01. The fourth-order valence-corrected chi connectivity index (χ4v) is 1.92. The van der Waals surface area contributed by atoms with E-state index in [1.165, 1.54) is 0 Å². The second-order valence-corrected chi connectivity index (χ2v) is 5.01. The van der Waals surface area contributed by atoms with E-state index in [-0.39, 0.29) is 12.5 Å². The van der Waals surface area contributed by atoms with Crippen LogP contribution in [0, 0.1) is 11.3 Å². The van der Waals surface area contributed by atoms with Crippen molar-refractivity contribution in [2.24, 2.45) is 0 Å². The first-order valence-corrected chi connectivity index (χ1v) is 7.62. The standard InChI is InChI=1S/C17H24N2O2/c1-3-5-11-19(12-6-4-2)17(20)14-21-16-9-7-15(13-18)8-10-16/h7-10H,3-6,11-12,14H2,1-2H3. The number of unbranched alkanes of at least 4 members (excludes halogenated alkanes) is 2. The van der Waals surface area contributed by atoms with Crippen LogP contribution in [0.5, 0.6) is 5.75 Å². The first-order valence-electron chi connectivity index (χ1n) is 7.62. The molecule has 0 fully saturated rings. The Kier molecular flexibility index (Phi) is 7.96. The largest absolute Gasteiger partial charge is 0.484 e. The van der Waals surface area contributed by atoms with Gasteiger partial charge in [0, 0.05) is 13.1 Å². The zero-order valence-corrected chi connectivity index (χ0v) is 13.0. The third-order valence-electron chi connectivity index (χ3n) is 3.26. The number of carbonyl (C=O) groups is 1. The van der Waals surface area contributed by atoms with Gasteiger partial charge in [-0.3, -0.25) is 4.79 Å². The summed E-state index contributed by atoms with van der Waals surface area (Å²) in [6, 6.07) is 8.86. The number of amides is 1. The summed E-state index contributed by atoms with van der Waals surface area (Å²) in [6.45, 7) is 5.89. The van der Waals surface area contributed by atoms with Crippen LogP contribution in [0.3, 0.4) is 0 Å². The number of hydrogen-bond donors (Lipinski definition) is 0. The van der Waals surface area contributed by atoms with E-state index in [1.54, 1.807) is 24.3 Å². The molecule has 0 unspecified atom stereocenters. The van der Waals surface area contributed by atoms with E-state index >= 15 is 0 Å². The van der Waals surface area contributed by atoms with Crippen LogP contribution in [0.2, 0.25) is 0 Å². The number of carbonyl (C=O) groups excluding carboxylic acids is 1. The third kappa shape index (κ3) is 6.31. The molecule has 0 heterocycles. The van der Waals surface area contributed by atoms with Gasteiger partial charge in [0.15, 0.2) is 6.61 Å². The Hall–Kier alpha value is -2.02. The van der Waals surface area contributed by atoms with E-state index in [9.17, 15) is 4.79 Å². The van der Waals surface area contributed by atoms with E-state index in [0.717, 1.165) is 38.8 Å². The lowest BCUT2D eigenvalue weighted by Crippen LogP contribution is -2.36. The minimum Gasteiger partial charge on any atom is -0.484 e. The molecular formula is C17H24N2O2. The van der Waals surface area contributed by atoms with Gasteiger partial charge < -0.3 is 9.64 Å². The Morgan fingerprint density at radius 1 is 1.14 bits per heavy atom. The predicted octanol–water partition coefficient (Wildman–Crippen LogP) is 3.37. The SMILES string of the molecule is CCCCN(CCCC)C(=O)COc1ccc(C#N)cc1. The molecule has 1 aromatic carbocycles. The van der Waals surface area contributed by atoms with Crippen LogP contribution in [0.4, 0.5) is 0 Å². The molecule has 0 radical (unpaired) electrons. The minimum atomic E-state index is 0.0289. The number of nitrogens with zero attached hydrogens (tertiary/aromatic N) is 2. The van der Waals surface area contributed by atoms with Gasteiger partial charge in [-0.25, -0.2) is 0 Å². The zero-order valence-electron chi connectivity index (χ0n) is 13.0. The summed E-state index contributed by atoms with van der Waals surface area (Å²) in [6.07, 6.45) is 4.19. The molecule has 0 aliphatic heterocycles. The molecule has 4 nitrogen and oxygen atoms in total. The van der Waals surface area contributed by atoms with Crippen molar-refractivity contribution in [3.63, 3.8) is 0 Å². The predicted molar refractivity (Wildman–Crippen MR) is 83.0 cm³/mol. The summed E-state index contributed by atoms with van der Waals surface area (Å²) in [5, 5.41) is 8.73. The summed E-state index contributed by atoms with van der Waals surface area (Å²) in [4.78, 5) is 14.1. The molecule has 0 saturated heterocycles. The van der Waals surface area contributed by atoms with Crippen LogP contribution in [-0.2, 0) is 4.79 Å². The lowest BCUT2D eigenvalue weighted by Gasteiger charge is -2.22. The number of benzene rings is 1. The topological polar surface area (TPSA) is 53.3 Å². The van der Waals surface area contributed by atoms with Crippen molar-refractivity contribution in [3.05, 3.63) is 29.8 Å². The average Bonchev–Trinajstić information content (AvgIpc) is 2.53. The molecule has 0 aliphatic carbocycles. The highest BCUT2D eigenvalue weighted by Gasteiger charge is 2.13. The maximum absolute atomic E-state index is 12.2. The van der Waals surface area contributed by atoms with Crippen LogP contribution >= 0.6 is 0 Å². The van der Waals surface area contributed by atoms with Gasteiger partial charge in [-0.15, -0.1) is 0 Å². The average molecular weight is 288 g/mol. The van der Waals surface area contributed by atoms with E-state index in [0.29, 0.717) is 11.3 Å². The number of hydrogen-bond acceptors (Lipinski definition) is 3. The Balaban J connectivity index is 2.49. The third-order valence-corrected chi connectivity index (χ3v) is 3.26.